The van der Waals surface area contributed by atoms with Crippen LogP contribution in [0.25, 0.3) is 0 Å². The van der Waals surface area contributed by atoms with E-state index in [9.17, 15) is 4.79 Å². The van der Waals surface area contributed by atoms with Gasteiger partial charge in [-0.05, 0) is 30.6 Å². The van der Waals surface area contributed by atoms with E-state index in [2.05, 4.69) is 20.8 Å². The largest absolute Gasteiger partial charge is 0.299 e. The smallest absolute Gasteiger partial charge is 0.139 e. The average molecular weight is 166 g/mol. The molecule has 1 nitrogen and oxygen atoms in total. The Bertz CT molecular complexity index is 229. The van der Waals surface area contributed by atoms with Crippen LogP contribution in [0.15, 0.2) is 0 Å². The Hall–Kier alpha value is -0.330. The van der Waals surface area contributed by atoms with E-state index in [1.165, 1.54) is 6.42 Å². The van der Waals surface area contributed by atoms with Crippen molar-refractivity contribution in [3.05, 3.63) is 0 Å². The van der Waals surface area contributed by atoms with Crippen molar-refractivity contribution < 1.29 is 4.79 Å². The molecular weight excluding hydrogens is 148 g/mol. The van der Waals surface area contributed by atoms with Crippen molar-refractivity contribution in [1.82, 2.24) is 0 Å². The number of hydrogen-bond acceptors (Lipinski definition) is 1. The first-order valence-electron chi connectivity index (χ1n) is 4.97. The van der Waals surface area contributed by atoms with Gasteiger partial charge < -0.3 is 0 Å². The van der Waals surface area contributed by atoms with E-state index < -0.39 is 0 Å². The van der Waals surface area contributed by atoms with Gasteiger partial charge in [0.2, 0.25) is 0 Å². The van der Waals surface area contributed by atoms with Crippen LogP contribution in [0.1, 0.15) is 46.5 Å². The summed E-state index contributed by atoms with van der Waals surface area (Å²) >= 11 is 0. The fraction of sp³-hybridized carbons (Fsp3) is 0.909. The minimum atomic E-state index is 0.0399. The summed E-state index contributed by atoms with van der Waals surface area (Å²) in [5.74, 6) is 1.20. The molecule has 0 saturated heterocycles. The van der Waals surface area contributed by atoms with E-state index in [0.717, 1.165) is 19.3 Å². The summed E-state index contributed by atoms with van der Waals surface area (Å²) < 4.78 is 0. The lowest BCUT2D eigenvalue weighted by atomic mass is 9.51. The lowest BCUT2D eigenvalue weighted by Crippen LogP contribution is -2.49. The summed E-state index contributed by atoms with van der Waals surface area (Å²) in [4.78, 5) is 11.7. The monoisotopic (exact) mass is 166 g/mol. The van der Waals surface area contributed by atoms with Crippen LogP contribution in [0.3, 0.4) is 0 Å². The van der Waals surface area contributed by atoms with Crippen LogP contribution >= 0.6 is 0 Å². The van der Waals surface area contributed by atoms with Crippen LogP contribution in [0.4, 0.5) is 0 Å². The summed E-state index contributed by atoms with van der Waals surface area (Å²) in [5.41, 5.74) is 0.458. The summed E-state index contributed by atoms with van der Waals surface area (Å²) in [6.07, 6.45) is 4.38. The van der Waals surface area contributed by atoms with Crippen molar-refractivity contribution in [3.8, 4) is 0 Å². The molecule has 0 N–H and O–H groups in total. The normalized spacial score (nSPS) is 44.9. The number of hydrogen-bond donors (Lipinski definition) is 0. The third-order valence-corrected chi connectivity index (χ3v) is 4.10. The second kappa shape index (κ2) is 2.12. The molecule has 0 aromatic heterocycles. The van der Waals surface area contributed by atoms with Gasteiger partial charge in [-0.3, -0.25) is 4.79 Å². The van der Waals surface area contributed by atoms with E-state index in [1.807, 2.05) is 0 Å². The van der Waals surface area contributed by atoms with E-state index in [-0.39, 0.29) is 5.41 Å². The van der Waals surface area contributed by atoms with Crippen LogP contribution in [0, 0.1) is 16.7 Å². The van der Waals surface area contributed by atoms with Crippen molar-refractivity contribution in [3.63, 3.8) is 0 Å². The Morgan fingerprint density at radius 1 is 1.33 bits per heavy atom. The molecule has 0 aromatic carbocycles. The average Bonchev–Trinajstić information content (AvgIpc) is 1.91. The lowest BCUT2D eigenvalue weighted by molar-refractivity contribution is -0.145. The highest BCUT2D eigenvalue weighted by molar-refractivity contribution is 5.86. The molecular formula is C11H18O. The molecule has 3 fully saturated rings. The first-order valence-corrected chi connectivity index (χ1v) is 4.97. The topological polar surface area (TPSA) is 17.1 Å². The molecule has 1 heteroatoms. The number of fused-ring (bicyclic) bond motifs is 3. The first kappa shape index (κ1) is 8.28. The fourth-order valence-corrected chi connectivity index (χ4v) is 3.21. The predicted octanol–water partition coefficient (Wildman–Crippen LogP) is 2.79. The molecule has 0 aliphatic heterocycles. The molecule has 68 valence electrons. The van der Waals surface area contributed by atoms with Crippen LogP contribution in [-0.4, -0.2) is 5.78 Å². The number of rotatable bonds is 0. The fourth-order valence-electron chi connectivity index (χ4n) is 3.21. The van der Waals surface area contributed by atoms with Crippen molar-refractivity contribution >= 4 is 5.78 Å². The number of ketones is 1. The van der Waals surface area contributed by atoms with Gasteiger partial charge in [0.15, 0.2) is 0 Å². The number of Topliss-reactive ketones (excluding diaryl/α,β-unsaturated/α-hetero) is 1. The number of carbonyl (C=O) groups is 1. The summed E-state index contributed by atoms with van der Waals surface area (Å²) in [5, 5.41) is 0. The summed E-state index contributed by atoms with van der Waals surface area (Å²) in [6.45, 7) is 6.80. The Morgan fingerprint density at radius 2 is 2.00 bits per heavy atom. The highest BCUT2D eigenvalue weighted by Crippen LogP contribution is 2.56. The van der Waals surface area contributed by atoms with Crippen molar-refractivity contribution in [2.45, 2.75) is 46.5 Å². The molecule has 0 amide bonds. The third kappa shape index (κ3) is 0.949. The summed E-state index contributed by atoms with van der Waals surface area (Å²) in [7, 11) is 0. The van der Waals surface area contributed by atoms with Crippen LogP contribution in [-0.2, 0) is 4.79 Å². The minimum absolute atomic E-state index is 0.0399. The third-order valence-electron chi connectivity index (χ3n) is 4.10. The SMILES string of the molecule is CC1(C)C[C@@]2(C)CC[C@@H]1CC2=O. The van der Waals surface area contributed by atoms with E-state index >= 15 is 0 Å². The molecule has 0 aromatic rings. The maximum atomic E-state index is 11.7. The molecule has 3 aliphatic rings. The molecule has 2 atom stereocenters. The summed E-state index contributed by atoms with van der Waals surface area (Å²) in [6, 6.07) is 0. The molecule has 3 aliphatic carbocycles. The quantitative estimate of drug-likeness (QED) is 0.541. The zero-order valence-corrected chi connectivity index (χ0v) is 8.31. The standard InChI is InChI=1S/C11H18O/c1-10(2)7-11(3)5-4-8(10)6-9(11)12/h8H,4-7H2,1-3H3/t8-,11-/m1/s1. The number of carbonyl (C=O) groups excluding carboxylic acids is 1. The first-order chi connectivity index (χ1) is 5.44. The molecule has 0 radical (unpaired) electrons. The van der Waals surface area contributed by atoms with Gasteiger partial charge >= 0.3 is 0 Å². The van der Waals surface area contributed by atoms with E-state index in [1.54, 1.807) is 0 Å². The highest BCUT2D eigenvalue weighted by atomic mass is 16.1. The van der Waals surface area contributed by atoms with Gasteiger partial charge in [-0.15, -0.1) is 0 Å². The molecule has 12 heavy (non-hydrogen) atoms. The highest BCUT2D eigenvalue weighted by Gasteiger charge is 2.51. The van der Waals surface area contributed by atoms with Crippen LogP contribution in [0.5, 0.6) is 0 Å². The van der Waals surface area contributed by atoms with Crippen LogP contribution < -0.4 is 0 Å². The van der Waals surface area contributed by atoms with E-state index in [0.29, 0.717) is 17.1 Å². The second-order valence-corrected chi connectivity index (χ2v) is 5.59. The Balaban J connectivity index is 2.32. The van der Waals surface area contributed by atoms with Crippen LogP contribution in [0.2, 0.25) is 0 Å². The minimum Gasteiger partial charge on any atom is -0.299 e. The molecule has 0 unspecified atom stereocenters. The molecule has 0 spiro atoms. The zero-order chi connectivity index (χ0) is 8.98. The van der Waals surface area contributed by atoms with Crippen molar-refractivity contribution in [1.29, 1.82) is 0 Å². The molecule has 3 saturated carbocycles. The Labute approximate surface area is 74.5 Å². The van der Waals surface area contributed by atoms with Gasteiger partial charge in [0, 0.05) is 11.8 Å². The predicted molar refractivity (Wildman–Crippen MR) is 48.9 cm³/mol. The van der Waals surface area contributed by atoms with Gasteiger partial charge in [-0.25, -0.2) is 0 Å². The lowest BCUT2D eigenvalue weighted by Gasteiger charge is -2.52. The Morgan fingerprint density at radius 3 is 2.33 bits per heavy atom. The molecule has 0 heterocycles. The zero-order valence-electron chi connectivity index (χ0n) is 8.31. The maximum Gasteiger partial charge on any atom is 0.139 e. The molecule has 3 rings (SSSR count). The second-order valence-electron chi connectivity index (χ2n) is 5.59. The van der Waals surface area contributed by atoms with Gasteiger partial charge in [0.1, 0.15) is 5.78 Å². The van der Waals surface area contributed by atoms with Crippen molar-refractivity contribution in [2.75, 3.05) is 0 Å². The van der Waals surface area contributed by atoms with E-state index in [4.69, 9.17) is 0 Å². The van der Waals surface area contributed by atoms with Gasteiger partial charge in [0.05, 0.1) is 0 Å². The maximum absolute atomic E-state index is 11.7. The van der Waals surface area contributed by atoms with Gasteiger partial charge in [-0.1, -0.05) is 20.8 Å². The van der Waals surface area contributed by atoms with Gasteiger partial charge in [0.25, 0.3) is 0 Å². The molecule has 2 bridgehead atoms. The van der Waals surface area contributed by atoms with Crippen molar-refractivity contribution in [2.24, 2.45) is 16.7 Å². The van der Waals surface area contributed by atoms with Gasteiger partial charge in [-0.2, -0.15) is 0 Å². The Kier molecular flexibility index (Phi) is 1.47.